The lowest BCUT2D eigenvalue weighted by Gasteiger charge is -2.15. The molecule has 0 saturated carbocycles. The van der Waals surface area contributed by atoms with Crippen molar-refractivity contribution < 1.29 is 0 Å². The molecule has 0 heteroatoms. The summed E-state index contributed by atoms with van der Waals surface area (Å²) in [7, 11) is 0. The zero-order valence-corrected chi connectivity index (χ0v) is 13.5. The fraction of sp³-hybridized carbons (Fsp3) is 0.647. The van der Waals surface area contributed by atoms with Crippen LogP contribution >= 0.6 is 0 Å². The molecule has 0 aliphatic rings. The van der Waals surface area contributed by atoms with E-state index in [0.717, 1.165) is 0 Å². The Bertz CT molecular complexity index is 278. The zero-order chi connectivity index (χ0) is 14.0. The molecule has 1 aromatic rings. The quantitative estimate of drug-likeness (QED) is 0.549. The zero-order valence-electron chi connectivity index (χ0n) is 13.5. The van der Waals surface area contributed by atoms with Gasteiger partial charge < -0.3 is 0 Å². The van der Waals surface area contributed by atoms with E-state index in [1.54, 1.807) is 0 Å². The van der Waals surface area contributed by atoms with E-state index >= 15 is 0 Å². The SMILES string of the molecule is CC(C)(C)C.Cc1c(C)c(C)c(C)c(C)c1C. The first-order valence-corrected chi connectivity index (χ1v) is 6.50. The number of hydrogen-bond acceptors (Lipinski definition) is 0. The lowest BCUT2D eigenvalue weighted by atomic mass is 9.90. The number of hydrogen-bond donors (Lipinski definition) is 0. The average molecular weight is 234 g/mol. The third-order valence-corrected chi connectivity index (χ3v) is 3.38. The fourth-order valence-electron chi connectivity index (χ4n) is 1.69. The molecule has 0 fully saturated rings. The molecule has 0 aliphatic heterocycles. The maximum atomic E-state index is 2.21. The van der Waals surface area contributed by atoms with E-state index in [2.05, 4.69) is 69.2 Å². The van der Waals surface area contributed by atoms with Gasteiger partial charge in [-0.2, -0.15) is 0 Å². The highest BCUT2D eigenvalue weighted by Gasteiger charge is 2.07. The first-order chi connectivity index (χ1) is 7.46. The molecule has 0 atom stereocenters. The van der Waals surface area contributed by atoms with E-state index in [1.165, 1.54) is 33.4 Å². The van der Waals surface area contributed by atoms with E-state index < -0.39 is 0 Å². The molecule has 0 saturated heterocycles. The molecule has 1 rings (SSSR count). The van der Waals surface area contributed by atoms with Gasteiger partial charge in [-0.1, -0.05) is 27.7 Å². The molecule has 0 spiro atoms. The van der Waals surface area contributed by atoms with Crippen LogP contribution in [0.4, 0.5) is 0 Å². The molecular formula is C17H30. The van der Waals surface area contributed by atoms with Crippen molar-refractivity contribution in [3.05, 3.63) is 33.4 Å². The van der Waals surface area contributed by atoms with Crippen LogP contribution in [0.5, 0.6) is 0 Å². The predicted octanol–water partition coefficient (Wildman–Crippen LogP) is 5.59. The van der Waals surface area contributed by atoms with Crippen LogP contribution in [0.3, 0.4) is 0 Å². The van der Waals surface area contributed by atoms with Crippen molar-refractivity contribution in [2.24, 2.45) is 5.41 Å². The minimum atomic E-state index is 0.500. The van der Waals surface area contributed by atoms with Gasteiger partial charge in [0, 0.05) is 0 Å². The summed E-state index contributed by atoms with van der Waals surface area (Å²) in [5, 5.41) is 0. The third kappa shape index (κ3) is 4.93. The predicted molar refractivity (Wildman–Crippen MR) is 80.0 cm³/mol. The largest absolute Gasteiger partial charge is 0.0604 e. The van der Waals surface area contributed by atoms with Crippen LogP contribution in [0.1, 0.15) is 61.1 Å². The van der Waals surface area contributed by atoms with Gasteiger partial charge in [-0.15, -0.1) is 0 Å². The van der Waals surface area contributed by atoms with E-state index in [1.807, 2.05) is 0 Å². The average Bonchev–Trinajstić information content (AvgIpc) is 2.18. The molecule has 0 aliphatic carbocycles. The van der Waals surface area contributed by atoms with Crippen LogP contribution in [-0.4, -0.2) is 0 Å². The molecule has 0 heterocycles. The molecule has 98 valence electrons. The summed E-state index contributed by atoms with van der Waals surface area (Å²) in [4.78, 5) is 0. The molecule has 0 amide bonds. The Morgan fingerprint density at radius 2 is 0.471 bits per heavy atom. The van der Waals surface area contributed by atoms with Crippen molar-refractivity contribution in [3.8, 4) is 0 Å². The van der Waals surface area contributed by atoms with Gasteiger partial charge in [0.1, 0.15) is 0 Å². The summed E-state index contributed by atoms with van der Waals surface area (Å²) < 4.78 is 0. The van der Waals surface area contributed by atoms with Crippen LogP contribution in [0.15, 0.2) is 0 Å². The molecule has 0 bridgehead atoms. The number of benzene rings is 1. The van der Waals surface area contributed by atoms with Crippen LogP contribution in [0.25, 0.3) is 0 Å². The monoisotopic (exact) mass is 234 g/mol. The fourth-order valence-corrected chi connectivity index (χ4v) is 1.69. The van der Waals surface area contributed by atoms with Gasteiger partial charge in [0.05, 0.1) is 0 Å². The first-order valence-electron chi connectivity index (χ1n) is 6.50. The third-order valence-electron chi connectivity index (χ3n) is 3.38. The number of rotatable bonds is 0. The maximum absolute atomic E-state index is 2.21. The van der Waals surface area contributed by atoms with Crippen molar-refractivity contribution in [2.75, 3.05) is 0 Å². The van der Waals surface area contributed by atoms with E-state index in [9.17, 15) is 0 Å². The highest BCUT2D eigenvalue weighted by molar-refractivity contribution is 5.48. The lowest BCUT2D eigenvalue weighted by molar-refractivity contribution is 0.469. The van der Waals surface area contributed by atoms with Gasteiger partial charge in [0.25, 0.3) is 0 Å². The molecule has 0 radical (unpaired) electrons. The second kappa shape index (κ2) is 5.71. The Balaban J connectivity index is 0.000000437. The van der Waals surface area contributed by atoms with Gasteiger partial charge in [-0.3, -0.25) is 0 Å². The molecule has 1 aromatic carbocycles. The van der Waals surface area contributed by atoms with Gasteiger partial charge in [0.15, 0.2) is 0 Å². The topological polar surface area (TPSA) is 0 Å². The normalized spacial score (nSPS) is 10.9. The minimum Gasteiger partial charge on any atom is -0.0604 e. The first kappa shape index (κ1) is 16.2. The molecule has 17 heavy (non-hydrogen) atoms. The smallest absolute Gasteiger partial charge is 0.0392 e. The van der Waals surface area contributed by atoms with Crippen molar-refractivity contribution in [1.82, 2.24) is 0 Å². The van der Waals surface area contributed by atoms with Crippen LogP contribution in [0, 0.1) is 47.0 Å². The van der Waals surface area contributed by atoms with Crippen LogP contribution in [0.2, 0.25) is 0 Å². The van der Waals surface area contributed by atoms with Crippen LogP contribution < -0.4 is 0 Å². The summed E-state index contributed by atoms with van der Waals surface area (Å²) in [6, 6.07) is 0. The Morgan fingerprint density at radius 1 is 0.412 bits per heavy atom. The summed E-state index contributed by atoms with van der Waals surface area (Å²) in [6.45, 7) is 22.0. The Hall–Kier alpha value is -0.780. The van der Waals surface area contributed by atoms with Gasteiger partial charge in [0.2, 0.25) is 0 Å². The van der Waals surface area contributed by atoms with Gasteiger partial charge >= 0.3 is 0 Å². The molecule has 0 aromatic heterocycles. The molecular weight excluding hydrogens is 204 g/mol. The summed E-state index contributed by atoms with van der Waals surface area (Å²) in [5.74, 6) is 0. The van der Waals surface area contributed by atoms with Crippen LogP contribution in [-0.2, 0) is 0 Å². The van der Waals surface area contributed by atoms with E-state index in [0.29, 0.717) is 5.41 Å². The van der Waals surface area contributed by atoms with E-state index in [4.69, 9.17) is 0 Å². The highest BCUT2D eigenvalue weighted by Crippen LogP contribution is 2.24. The Morgan fingerprint density at radius 3 is 0.529 bits per heavy atom. The van der Waals surface area contributed by atoms with Crippen molar-refractivity contribution in [1.29, 1.82) is 0 Å². The lowest BCUT2D eigenvalue weighted by Crippen LogP contribution is -1.98. The summed E-state index contributed by atoms with van der Waals surface area (Å²) >= 11 is 0. The summed E-state index contributed by atoms with van der Waals surface area (Å²) in [6.07, 6.45) is 0. The van der Waals surface area contributed by atoms with Crippen molar-refractivity contribution >= 4 is 0 Å². The highest BCUT2D eigenvalue weighted by atomic mass is 14.1. The minimum absolute atomic E-state index is 0.500. The van der Waals surface area contributed by atoms with E-state index in [-0.39, 0.29) is 0 Å². The van der Waals surface area contributed by atoms with Crippen molar-refractivity contribution in [3.63, 3.8) is 0 Å². The molecule has 0 unspecified atom stereocenters. The Kier molecular flexibility index (Phi) is 5.45. The second-order valence-electron chi connectivity index (χ2n) is 6.75. The van der Waals surface area contributed by atoms with Gasteiger partial charge in [-0.05, 0) is 80.3 Å². The molecule has 0 N–H and O–H groups in total. The standard InChI is InChI=1S/C12H18.C5H12/c1-7-8(2)10(4)12(6)11(5)9(7)3;1-5(2,3)4/h1-6H3;1-4H3. The Labute approximate surface area is 108 Å². The van der Waals surface area contributed by atoms with Crippen molar-refractivity contribution in [2.45, 2.75) is 69.2 Å². The van der Waals surface area contributed by atoms with Gasteiger partial charge in [-0.25, -0.2) is 0 Å². The maximum Gasteiger partial charge on any atom is -0.0392 e. The summed E-state index contributed by atoms with van der Waals surface area (Å²) in [5.41, 5.74) is 9.23. The second-order valence-corrected chi connectivity index (χ2v) is 6.75. The molecule has 0 nitrogen and oxygen atoms in total.